The molecule has 30 heavy (non-hydrogen) atoms. The number of amides is 2. The van der Waals surface area contributed by atoms with E-state index in [-0.39, 0.29) is 23.3 Å². The van der Waals surface area contributed by atoms with Gasteiger partial charge in [0.1, 0.15) is 23.2 Å². The first kappa shape index (κ1) is 21.3. The lowest BCUT2D eigenvalue weighted by molar-refractivity contribution is -0.128. The van der Waals surface area contributed by atoms with Crippen molar-refractivity contribution in [3.05, 3.63) is 35.4 Å². The fourth-order valence-electron chi connectivity index (χ4n) is 6.63. The quantitative estimate of drug-likeness (QED) is 0.718. The molecule has 2 amide bonds. The molecule has 0 heterocycles. The van der Waals surface area contributed by atoms with Gasteiger partial charge in [-0.05, 0) is 86.7 Å². The third kappa shape index (κ3) is 3.85. The summed E-state index contributed by atoms with van der Waals surface area (Å²) in [6, 6.07) is 2.45. The molecule has 0 aromatic heterocycles. The summed E-state index contributed by atoms with van der Waals surface area (Å²) >= 11 is 0. The molecule has 4 aliphatic rings. The van der Waals surface area contributed by atoms with Gasteiger partial charge in [-0.3, -0.25) is 9.59 Å². The fourth-order valence-corrected chi connectivity index (χ4v) is 6.63. The largest absolute Gasteiger partial charge is 0.351 e. The summed E-state index contributed by atoms with van der Waals surface area (Å²) < 4.78 is 28.0. The number of hydrogen-bond donors (Lipinski definition) is 2. The number of benzene rings is 1. The molecule has 1 unspecified atom stereocenters. The normalized spacial score (nSPS) is 31.5. The van der Waals surface area contributed by atoms with Gasteiger partial charge < -0.3 is 10.6 Å². The predicted octanol–water partition coefficient (Wildman–Crippen LogP) is 4.44. The summed E-state index contributed by atoms with van der Waals surface area (Å²) in [4.78, 5) is 25.7. The third-order valence-electron chi connectivity index (χ3n) is 7.79. The van der Waals surface area contributed by atoms with Crippen molar-refractivity contribution in [2.75, 3.05) is 0 Å². The molecule has 0 saturated heterocycles. The zero-order valence-corrected chi connectivity index (χ0v) is 18.0. The van der Waals surface area contributed by atoms with Crippen molar-refractivity contribution >= 4 is 11.8 Å². The van der Waals surface area contributed by atoms with Crippen LogP contribution in [0, 0.1) is 40.7 Å². The second kappa shape index (κ2) is 7.93. The van der Waals surface area contributed by atoms with E-state index in [1.165, 1.54) is 44.6 Å². The molecule has 0 radical (unpaired) electrons. The van der Waals surface area contributed by atoms with Gasteiger partial charge in [-0.1, -0.05) is 19.9 Å². The topological polar surface area (TPSA) is 58.2 Å². The van der Waals surface area contributed by atoms with Gasteiger partial charge in [0.15, 0.2) is 0 Å². The molecule has 4 fully saturated rings. The first-order valence-corrected chi connectivity index (χ1v) is 11.2. The standard InChI is InChI=1S/C24H32F2N2O2/c1-13(2)21(28-22(29)20-18(25)5-4-6-19(20)26)23(30)27-14(3)24-10-15-7-16(11-24)9-17(8-15)12-24/h4-6,13-17,21H,7-12H2,1-3H3,(H,27,30)(H,28,29)/t14?,15?,16?,17?,21-,24?/m0/s1. The van der Waals surface area contributed by atoms with E-state index in [4.69, 9.17) is 0 Å². The van der Waals surface area contributed by atoms with Crippen LogP contribution in [0.2, 0.25) is 0 Å². The van der Waals surface area contributed by atoms with Gasteiger partial charge >= 0.3 is 0 Å². The highest BCUT2D eigenvalue weighted by atomic mass is 19.1. The molecule has 164 valence electrons. The molecule has 1 aromatic carbocycles. The minimum Gasteiger partial charge on any atom is -0.351 e. The summed E-state index contributed by atoms with van der Waals surface area (Å²) in [5, 5.41) is 5.73. The first-order chi connectivity index (χ1) is 14.2. The van der Waals surface area contributed by atoms with Crippen LogP contribution in [0.15, 0.2) is 18.2 Å². The van der Waals surface area contributed by atoms with Crippen molar-refractivity contribution in [1.82, 2.24) is 10.6 Å². The van der Waals surface area contributed by atoms with Crippen LogP contribution in [-0.4, -0.2) is 23.9 Å². The SMILES string of the molecule is CC(C)[C@H](NC(=O)c1c(F)cccc1F)C(=O)NC(C)C12CC3CC(CC(C3)C1)C2. The van der Waals surface area contributed by atoms with Crippen LogP contribution in [0.4, 0.5) is 8.78 Å². The molecule has 4 saturated carbocycles. The van der Waals surface area contributed by atoms with Crippen LogP contribution in [0.3, 0.4) is 0 Å². The van der Waals surface area contributed by atoms with Crippen LogP contribution in [0.25, 0.3) is 0 Å². The molecule has 4 bridgehead atoms. The van der Waals surface area contributed by atoms with Gasteiger partial charge in [0.2, 0.25) is 5.91 Å². The van der Waals surface area contributed by atoms with Crippen LogP contribution >= 0.6 is 0 Å². The van der Waals surface area contributed by atoms with Crippen LogP contribution in [0.1, 0.15) is 69.7 Å². The van der Waals surface area contributed by atoms with Crippen LogP contribution in [-0.2, 0) is 4.79 Å². The van der Waals surface area contributed by atoms with Crippen LogP contribution < -0.4 is 10.6 Å². The van der Waals surface area contributed by atoms with E-state index in [1.807, 2.05) is 13.8 Å². The zero-order valence-electron chi connectivity index (χ0n) is 18.0. The Bertz CT molecular complexity index is 783. The van der Waals surface area contributed by atoms with E-state index in [9.17, 15) is 18.4 Å². The van der Waals surface area contributed by atoms with Crippen molar-refractivity contribution in [1.29, 1.82) is 0 Å². The van der Waals surface area contributed by atoms with E-state index in [2.05, 4.69) is 17.6 Å². The molecule has 4 nitrogen and oxygen atoms in total. The molecule has 6 heteroatoms. The van der Waals surface area contributed by atoms with E-state index in [0.29, 0.717) is 0 Å². The molecular weight excluding hydrogens is 386 g/mol. The number of nitrogens with one attached hydrogen (secondary N) is 2. The molecule has 0 aliphatic heterocycles. The van der Waals surface area contributed by atoms with E-state index in [0.717, 1.165) is 29.9 Å². The molecule has 4 aliphatic carbocycles. The molecule has 0 spiro atoms. The minimum absolute atomic E-state index is 0.0155. The highest BCUT2D eigenvalue weighted by molar-refractivity contribution is 5.98. The van der Waals surface area contributed by atoms with Gasteiger partial charge in [-0.25, -0.2) is 8.78 Å². The Morgan fingerprint density at radius 2 is 1.43 bits per heavy atom. The van der Waals surface area contributed by atoms with Gasteiger partial charge in [0.05, 0.1) is 0 Å². The zero-order chi connectivity index (χ0) is 21.6. The summed E-state index contributed by atoms with van der Waals surface area (Å²) in [5.74, 6) is -0.928. The number of carbonyl (C=O) groups is 2. The lowest BCUT2D eigenvalue weighted by atomic mass is 9.48. The molecule has 2 atom stereocenters. The summed E-state index contributed by atoms with van der Waals surface area (Å²) in [6.07, 6.45) is 7.50. The van der Waals surface area contributed by atoms with Crippen molar-refractivity contribution in [3.8, 4) is 0 Å². The van der Waals surface area contributed by atoms with Crippen molar-refractivity contribution in [2.45, 2.75) is 71.4 Å². The minimum atomic E-state index is -0.933. The summed E-state index contributed by atoms with van der Waals surface area (Å²) in [7, 11) is 0. The number of carbonyl (C=O) groups excluding carboxylic acids is 2. The summed E-state index contributed by atoms with van der Waals surface area (Å²) in [6.45, 7) is 5.72. The van der Waals surface area contributed by atoms with Crippen molar-refractivity contribution in [3.63, 3.8) is 0 Å². The Labute approximate surface area is 177 Å². The van der Waals surface area contributed by atoms with E-state index in [1.54, 1.807) is 0 Å². The van der Waals surface area contributed by atoms with Crippen molar-refractivity contribution < 1.29 is 18.4 Å². The van der Waals surface area contributed by atoms with Gasteiger partial charge in [-0.2, -0.15) is 0 Å². The number of halogens is 2. The highest BCUT2D eigenvalue weighted by Crippen LogP contribution is 2.61. The average molecular weight is 419 g/mol. The maximum atomic E-state index is 14.0. The smallest absolute Gasteiger partial charge is 0.257 e. The Morgan fingerprint density at radius 1 is 0.933 bits per heavy atom. The summed E-state index contributed by atoms with van der Waals surface area (Å²) in [5.41, 5.74) is -0.502. The van der Waals surface area contributed by atoms with E-state index < -0.39 is 29.1 Å². The Kier molecular flexibility index (Phi) is 5.62. The Balaban J connectivity index is 1.46. The average Bonchev–Trinajstić information content (AvgIpc) is 2.64. The maximum absolute atomic E-state index is 14.0. The monoisotopic (exact) mass is 418 g/mol. The lowest BCUT2D eigenvalue weighted by Crippen LogP contribution is -2.59. The highest BCUT2D eigenvalue weighted by Gasteiger charge is 2.53. The molecular formula is C24H32F2N2O2. The maximum Gasteiger partial charge on any atom is 0.257 e. The third-order valence-corrected chi connectivity index (χ3v) is 7.79. The fraction of sp³-hybridized carbons (Fsp3) is 0.667. The second-order valence-electron chi connectivity index (χ2n) is 10.3. The number of hydrogen-bond acceptors (Lipinski definition) is 2. The first-order valence-electron chi connectivity index (χ1n) is 11.2. The van der Waals surface area contributed by atoms with Gasteiger partial charge in [0, 0.05) is 6.04 Å². The Morgan fingerprint density at radius 3 is 1.90 bits per heavy atom. The molecule has 5 rings (SSSR count). The van der Waals surface area contributed by atoms with Crippen molar-refractivity contribution in [2.24, 2.45) is 29.1 Å². The lowest BCUT2D eigenvalue weighted by Gasteiger charge is -2.59. The predicted molar refractivity (Wildman–Crippen MR) is 111 cm³/mol. The van der Waals surface area contributed by atoms with E-state index >= 15 is 0 Å². The number of rotatable bonds is 6. The van der Waals surface area contributed by atoms with Gasteiger partial charge in [0.25, 0.3) is 5.91 Å². The van der Waals surface area contributed by atoms with Crippen LogP contribution in [0.5, 0.6) is 0 Å². The molecule has 2 N–H and O–H groups in total. The van der Waals surface area contributed by atoms with Gasteiger partial charge in [-0.15, -0.1) is 0 Å². The Hall–Kier alpha value is -1.98. The molecule has 1 aromatic rings. The second-order valence-corrected chi connectivity index (χ2v) is 10.3.